The minimum Gasteiger partial charge on any atom is -0.339 e. The summed E-state index contributed by atoms with van der Waals surface area (Å²) in [6, 6.07) is 5.89. The third-order valence-corrected chi connectivity index (χ3v) is 4.34. The number of nitriles is 1. The molecule has 0 saturated carbocycles. The summed E-state index contributed by atoms with van der Waals surface area (Å²) < 4.78 is 0. The largest absolute Gasteiger partial charge is 0.339 e. The Bertz CT molecular complexity index is 498. The van der Waals surface area contributed by atoms with E-state index in [1.54, 1.807) is 18.3 Å². The van der Waals surface area contributed by atoms with Gasteiger partial charge in [-0.2, -0.15) is 5.26 Å². The molecule has 100 valence electrons. The van der Waals surface area contributed by atoms with Crippen LogP contribution < -0.4 is 0 Å². The first-order valence-electron chi connectivity index (χ1n) is 6.49. The van der Waals surface area contributed by atoms with Gasteiger partial charge in [0.1, 0.15) is 11.1 Å². The molecule has 2 heterocycles. The van der Waals surface area contributed by atoms with Crippen LogP contribution in [0.5, 0.6) is 0 Å². The van der Waals surface area contributed by atoms with E-state index in [-0.39, 0.29) is 5.91 Å². The fourth-order valence-corrected chi connectivity index (χ4v) is 3.10. The van der Waals surface area contributed by atoms with Gasteiger partial charge in [0.15, 0.2) is 0 Å². The van der Waals surface area contributed by atoms with Crippen LogP contribution >= 0.6 is 11.8 Å². The van der Waals surface area contributed by atoms with Gasteiger partial charge in [-0.15, -0.1) is 0 Å². The highest BCUT2D eigenvalue weighted by molar-refractivity contribution is 7.99. The highest BCUT2D eigenvalue weighted by Gasteiger charge is 2.23. The summed E-state index contributed by atoms with van der Waals surface area (Å²) in [5.74, 6) is 0.502. The van der Waals surface area contributed by atoms with Crippen molar-refractivity contribution in [1.29, 1.82) is 5.26 Å². The molecular weight excluding hydrogens is 258 g/mol. The van der Waals surface area contributed by atoms with Crippen LogP contribution in [-0.2, 0) is 4.79 Å². The number of nitrogens with zero attached hydrogens (tertiary/aromatic N) is 3. The van der Waals surface area contributed by atoms with Crippen LogP contribution in [-0.4, -0.2) is 34.1 Å². The molecule has 1 aromatic rings. The van der Waals surface area contributed by atoms with E-state index in [1.807, 2.05) is 4.90 Å². The minimum atomic E-state index is 0.145. The van der Waals surface area contributed by atoms with Crippen molar-refractivity contribution in [2.45, 2.75) is 37.3 Å². The van der Waals surface area contributed by atoms with Gasteiger partial charge in [0.25, 0.3) is 0 Å². The summed E-state index contributed by atoms with van der Waals surface area (Å²) >= 11 is 1.35. The molecule has 1 saturated heterocycles. The average molecular weight is 275 g/mol. The van der Waals surface area contributed by atoms with E-state index in [0.717, 1.165) is 19.4 Å². The first kappa shape index (κ1) is 13.9. The molecule has 5 heteroatoms. The summed E-state index contributed by atoms with van der Waals surface area (Å²) in [5.41, 5.74) is 0.534. The molecule has 0 N–H and O–H groups in total. The van der Waals surface area contributed by atoms with Crippen molar-refractivity contribution in [3.05, 3.63) is 23.9 Å². The van der Waals surface area contributed by atoms with Gasteiger partial charge < -0.3 is 4.90 Å². The Labute approximate surface area is 117 Å². The number of piperidine rings is 1. The van der Waals surface area contributed by atoms with E-state index in [1.165, 1.54) is 18.2 Å². The molecule has 0 aliphatic carbocycles. The molecule has 0 unspecified atom stereocenters. The number of hydrogen-bond donors (Lipinski definition) is 0. The number of amides is 1. The van der Waals surface area contributed by atoms with E-state index >= 15 is 0 Å². The van der Waals surface area contributed by atoms with Crippen molar-refractivity contribution >= 4 is 17.7 Å². The van der Waals surface area contributed by atoms with Crippen LogP contribution in [0.25, 0.3) is 0 Å². The second kappa shape index (κ2) is 6.58. The molecule has 1 aromatic heterocycles. The molecule has 0 aromatic carbocycles. The van der Waals surface area contributed by atoms with Gasteiger partial charge in [-0.3, -0.25) is 4.79 Å². The fourth-order valence-electron chi connectivity index (χ4n) is 2.27. The summed E-state index contributed by atoms with van der Waals surface area (Å²) in [5, 5.41) is 9.62. The lowest BCUT2D eigenvalue weighted by Crippen LogP contribution is -2.42. The number of carbonyl (C=O) groups excluding carboxylic acids is 1. The van der Waals surface area contributed by atoms with Crippen molar-refractivity contribution < 1.29 is 4.79 Å². The molecule has 1 fully saturated rings. The van der Waals surface area contributed by atoms with E-state index in [9.17, 15) is 4.79 Å². The molecule has 4 nitrogen and oxygen atoms in total. The van der Waals surface area contributed by atoms with E-state index < -0.39 is 0 Å². The molecule has 2 rings (SSSR count). The first-order chi connectivity index (χ1) is 9.22. The smallest absolute Gasteiger partial charge is 0.233 e. The highest BCUT2D eigenvalue weighted by atomic mass is 32.2. The number of pyridine rings is 1. The van der Waals surface area contributed by atoms with Crippen LogP contribution in [0.2, 0.25) is 0 Å². The van der Waals surface area contributed by atoms with E-state index in [4.69, 9.17) is 5.26 Å². The van der Waals surface area contributed by atoms with Crippen LogP contribution in [0.1, 0.15) is 31.7 Å². The van der Waals surface area contributed by atoms with Crippen LogP contribution in [0.4, 0.5) is 0 Å². The maximum absolute atomic E-state index is 12.2. The Morgan fingerprint density at radius 1 is 1.63 bits per heavy atom. The summed E-state index contributed by atoms with van der Waals surface area (Å²) in [7, 11) is 0. The Hall–Kier alpha value is -1.54. The second-order valence-corrected chi connectivity index (χ2v) is 5.65. The Balaban J connectivity index is 1.95. The van der Waals surface area contributed by atoms with E-state index in [0.29, 0.717) is 22.4 Å². The number of thioether (sulfide) groups is 1. The van der Waals surface area contributed by atoms with Gasteiger partial charge in [0.2, 0.25) is 5.91 Å². The first-order valence-corrected chi connectivity index (χ1v) is 7.48. The molecule has 19 heavy (non-hydrogen) atoms. The second-order valence-electron chi connectivity index (χ2n) is 4.69. The molecule has 1 aliphatic rings. The maximum atomic E-state index is 12.2. The molecular formula is C14H17N3OS. The lowest BCUT2D eigenvalue weighted by molar-refractivity contribution is -0.131. The number of likely N-dealkylation sites (tertiary alicyclic amines) is 1. The number of hydrogen-bond acceptors (Lipinski definition) is 4. The molecule has 1 aliphatic heterocycles. The number of rotatable bonds is 3. The Morgan fingerprint density at radius 2 is 2.47 bits per heavy atom. The molecule has 1 atom stereocenters. The summed E-state index contributed by atoms with van der Waals surface area (Å²) in [6.45, 7) is 2.96. The lowest BCUT2D eigenvalue weighted by Gasteiger charge is -2.33. The van der Waals surface area contributed by atoms with Gasteiger partial charge in [-0.25, -0.2) is 4.98 Å². The molecule has 0 spiro atoms. The number of aromatic nitrogens is 1. The third-order valence-electron chi connectivity index (χ3n) is 3.35. The van der Waals surface area contributed by atoms with Gasteiger partial charge in [0.05, 0.1) is 11.3 Å². The lowest BCUT2D eigenvalue weighted by atomic mass is 10.0. The quantitative estimate of drug-likeness (QED) is 0.795. The van der Waals surface area contributed by atoms with Crippen molar-refractivity contribution in [2.75, 3.05) is 12.3 Å². The monoisotopic (exact) mass is 275 g/mol. The maximum Gasteiger partial charge on any atom is 0.233 e. The van der Waals surface area contributed by atoms with Gasteiger partial charge >= 0.3 is 0 Å². The topological polar surface area (TPSA) is 57.0 Å². The SMILES string of the molecule is C[C@@H]1CCCCN1C(=O)CSc1ncccc1C#N. The summed E-state index contributed by atoms with van der Waals surface area (Å²) in [6.07, 6.45) is 5.03. The minimum absolute atomic E-state index is 0.145. The summed E-state index contributed by atoms with van der Waals surface area (Å²) in [4.78, 5) is 18.3. The van der Waals surface area contributed by atoms with Crippen LogP contribution in [0.15, 0.2) is 23.4 Å². The zero-order chi connectivity index (χ0) is 13.7. The highest BCUT2D eigenvalue weighted by Crippen LogP contribution is 2.22. The van der Waals surface area contributed by atoms with E-state index in [2.05, 4.69) is 18.0 Å². The van der Waals surface area contributed by atoms with Crippen molar-refractivity contribution in [1.82, 2.24) is 9.88 Å². The zero-order valence-corrected chi connectivity index (χ0v) is 11.8. The standard InChI is InChI=1S/C14H17N3OS/c1-11-5-2-3-8-17(11)13(18)10-19-14-12(9-15)6-4-7-16-14/h4,6-7,11H,2-3,5,8,10H2,1H3/t11-/m1/s1. The fraction of sp³-hybridized carbons (Fsp3) is 0.500. The number of carbonyl (C=O) groups is 1. The van der Waals surface area contributed by atoms with Gasteiger partial charge in [-0.1, -0.05) is 11.8 Å². The van der Waals surface area contributed by atoms with Crippen molar-refractivity contribution in [3.8, 4) is 6.07 Å². The van der Waals surface area contributed by atoms with Crippen molar-refractivity contribution in [2.24, 2.45) is 0 Å². The Kier molecular flexibility index (Phi) is 4.80. The van der Waals surface area contributed by atoms with Crippen molar-refractivity contribution in [3.63, 3.8) is 0 Å². The molecule has 1 amide bonds. The normalized spacial score (nSPS) is 18.9. The third kappa shape index (κ3) is 3.48. The van der Waals surface area contributed by atoms with Crippen LogP contribution in [0, 0.1) is 11.3 Å². The Morgan fingerprint density at radius 3 is 3.21 bits per heavy atom. The molecule has 0 bridgehead atoms. The van der Waals surface area contributed by atoms with Crippen LogP contribution in [0.3, 0.4) is 0 Å². The predicted molar refractivity (Wildman–Crippen MR) is 74.7 cm³/mol. The van der Waals surface area contributed by atoms with Gasteiger partial charge in [0, 0.05) is 18.8 Å². The zero-order valence-electron chi connectivity index (χ0n) is 11.0. The predicted octanol–water partition coefficient (Wildman–Crippen LogP) is 2.45. The average Bonchev–Trinajstić information content (AvgIpc) is 2.45. The molecule has 0 radical (unpaired) electrons. The van der Waals surface area contributed by atoms with Gasteiger partial charge in [-0.05, 0) is 38.3 Å².